The first-order valence-electron chi connectivity index (χ1n) is 9.93. The maximum absolute atomic E-state index is 12.9. The lowest BCUT2D eigenvalue weighted by Crippen LogP contribution is -2.39. The number of aryl methyl sites for hydroxylation is 2. The molecule has 1 aliphatic rings. The van der Waals surface area contributed by atoms with Gasteiger partial charge in [0.1, 0.15) is 5.03 Å². The minimum atomic E-state index is -0.186. The lowest BCUT2D eigenvalue weighted by Gasteiger charge is -2.30. The number of pyridine rings is 1. The highest BCUT2D eigenvalue weighted by molar-refractivity contribution is 7.99. The normalized spacial score (nSPS) is 13.2. The van der Waals surface area contributed by atoms with E-state index in [1.54, 1.807) is 40.9 Å². The number of urea groups is 1. The summed E-state index contributed by atoms with van der Waals surface area (Å²) in [5.41, 5.74) is 4.13. The lowest BCUT2D eigenvalue weighted by atomic mass is 10.1. The first kappa shape index (κ1) is 21.2. The van der Waals surface area contributed by atoms with Crippen molar-refractivity contribution < 1.29 is 9.59 Å². The van der Waals surface area contributed by atoms with Crippen LogP contribution in [-0.4, -0.2) is 35.8 Å². The van der Waals surface area contributed by atoms with Gasteiger partial charge in [0.05, 0.1) is 5.69 Å². The van der Waals surface area contributed by atoms with Gasteiger partial charge in [0.15, 0.2) is 0 Å². The van der Waals surface area contributed by atoms with Gasteiger partial charge in [-0.05, 0) is 62.1 Å². The molecule has 1 aromatic carbocycles. The van der Waals surface area contributed by atoms with E-state index in [0.29, 0.717) is 30.3 Å². The number of hydrogen-bond acceptors (Lipinski definition) is 4. The van der Waals surface area contributed by atoms with Crippen LogP contribution < -0.4 is 15.5 Å². The molecule has 0 saturated heterocycles. The van der Waals surface area contributed by atoms with Gasteiger partial charge in [-0.2, -0.15) is 0 Å². The van der Waals surface area contributed by atoms with Crippen molar-refractivity contribution in [1.82, 2.24) is 10.3 Å². The van der Waals surface area contributed by atoms with Crippen molar-refractivity contribution >= 4 is 35.1 Å². The van der Waals surface area contributed by atoms with Crippen molar-refractivity contribution in [1.29, 1.82) is 0 Å². The maximum Gasteiger partial charge on any atom is 0.326 e. The van der Waals surface area contributed by atoms with E-state index in [9.17, 15) is 9.59 Å². The van der Waals surface area contributed by atoms with Crippen LogP contribution in [0, 0.1) is 19.8 Å². The van der Waals surface area contributed by atoms with Crippen LogP contribution in [0.25, 0.3) is 0 Å². The lowest BCUT2D eigenvalue weighted by molar-refractivity contribution is 0.0952. The molecule has 1 aliphatic heterocycles. The van der Waals surface area contributed by atoms with Gasteiger partial charge in [-0.15, -0.1) is 11.8 Å². The number of rotatable bonds is 5. The molecular weight excluding hydrogens is 384 g/mol. The van der Waals surface area contributed by atoms with Crippen molar-refractivity contribution in [3.05, 3.63) is 47.2 Å². The largest absolute Gasteiger partial charge is 0.352 e. The fraction of sp³-hybridized carbons (Fsp3) is 0.409. The molecule has 0 aliphatic carbocycles. The van der Waals surface area contributed by atoms with Gasteiger partial charge in [-0.3, -0.25) is 9.69 Å². The molecular formula is C22H28N4O2S. The summed E-state index contributed by atoms with van der Waals surface area (Å²) < 4.78 is 0. The highest BCUT2D eigenvalue weighted by atomic mass is 32.2. The van der Waals surface area contributed by atoms with E-state index in [4.69, 9.17) is 0 Å². The van der Waals surface area contributed by atoms with Crippen LogP contribution >= 0.6 is 11.8 Å². The Morgan fingerprint density at radius 1 is 1.21 bits per heavy atom. The molecule has 29 heavy (non-hydrogen) atoms. The summed E-state index contributed by atoms with van der Waals surface area (Å²) in [4.78, 5) is 31.4. The summed E-state index contributed by atoms with van der Waals surface area (Å²) in [6.45, 7) is 9.52. The number of fused-ring (bicyclic) bond motifs is 1. The monoisotopic (exact) mass is 412 g/mol. The second kappa shape index (κ2) is 9.31. The molecule has 2 heterocycles. The zero-order valence-electron chi connectivity index (χ0n) is 17.4. The Morgan fingerprint density at radius 2 is 1.93 bits per heavy atom. The average Bonchev–Trinajstić information content (AvgIpc) is 2.67. The van der Waals surface area contributed by atoms with Gasteiger partial charge in [0.25, 0.3) is 5.91 Å². The van der Waals surface area contributed by atoms with Crippen LogP contribution in [0.1, 0.15) is 41.9 Å². The van der Waals surface area contributed by atoms with Gasteiger partial charge >= 0.3 is 6.03 Å². The van der Waals surface area contributed by atoms with Gasteiger partial charge in [0, 0.05) is 35.8 Å². The number of carbonyl (C=O) groups excluding carboxylic acids is 2. The van der Waals surface area contributed by atoms with Crippen LogP contribution in [0.4, 0.5) is 16.2 Å². The van der Waals surface area contributed by atoms with E-state index in [1.165, 1.54) is 0 Å². The van der Waals surface area contributed by atoms with Crippen LogP contribution in [-0.2, 0) is 0 Å². The number of nitrogens with one attached hydrogen (secondary N) is 2. The van der Waals surface area contributed by atoms with Crippen molar-refractivity contribution in [2.24, 2.45) is 5.92 Å². The Hall–Kier alpha value is -2.54. The zero-order valence-corrected chi connectivity index (χ0v) is 18.2. The number of hydrogen-bond donors (Lipinski definition) is 2. The smallest absolute Gasteiger partial charge is 0.326 e. The first-order chi connectivity index (χ1) is 13.8. The number of thioether (sulfide) groups is 1. The van der Waals surface area contributed by atoms with Gasteiger partial charge in [-0.1, -0.05) is 13.8 Å². The van der Waals surface area contributed by atoms with Crippen molar-refractivity contribution in [2.75, 3.05) is 29.1 Å². The van der Waals surface area contributed by atoms with E-state index >= 15 is 0 Å². The molecule has 0 atom stereocenters. The maximum atomic E-state index is 12.9. The minimum Gasteiger partial charge on any atom is -0.352 e. The highest BCUT2D eigenvalue weighted by Crippen LogP contribution is 2.36. The molecule has 3 amide bonds. The summed E-state index contributed by atoms with van der Waals surface area (Å²) in [6.07, 6.45) is 0.948. The standard InChI is InChI=1S/C22H28N4O2S/c1-14(2)9-10-23-20(27)17-5-7-18(8-6-17)25-22(28)26-11-12-29-21-19(26)15(3)13-16(4)24-21/h5-8,13-14H,9-12H2,1-4H3,(H,23,27)(H,25,28). The fourth-order valence-corrected chi connectivity index (χ4v) is 4.33. The minimum absolute atomic E-state index is 0.0948. The van der Waals surface area contributed by atoms with Crippen LogP contribution in [0.3, 0.4) is 0 Å². The second-order valence-corrected chi connectivity index (χ2v) is 8.76. The molecule has 2 aromatic rings. The molecule has 1 aromatic heterocycles. The summed E-state index contributed by atoms with van der Waals surface area (Å²) in [6, 6.07) is 8.80. The molecule has 6 nitrogen and oxygen atoms in total. The van der Waals surface area contributed by atoms with Gasteiger partial charge < -0.3 is 10.6 Å². The topological polar surface area (TPSA) is 74.3 Å². The molecule has 0 unspecified atom stereocenters. The third-order valence-corrected chi connectivity index (χ3v) is 5.70. The summed E-state index contributed by atoms with van der Waals surface area (Å²) in [5, 5.41) is 6.76. The summed E-state index contributed by atoms with van der Waals surface area (Å²) in [7, 11) is 0. The molecule has 0 fully saturated rings. The van der Waals surface area contributed by atoms with Crippen molar-refractivity contribution in [3.63, 3.8) is 0 Å². The van der Waals surface area contributed by atoms with Crippen LogP contribution in [0.5, 0.6) is 0 Å². The SMILES string of the molecule is Cc1cc(C)c2c(n1)SCCN2C(=O)Nc1ccc(C(=O)NCCC(C)C)cc1. The number of aromatic nitrogens is 1. The summed E-state index contributed by atoms with van der Waals surface area (Å²) in [5.74, 6) is 1.27. The molecule has 7 heteroatoms. The number of benzene rings is 1. The van der Waals surface area contributed by atoms with Crippen molar-refractivity contribution in [2.45, 2.75) is 39.1 Å². The van der Waals surface area contributed by atoms with Gasteiger partial charge in [0.2, 0.25) is 0 Å². The Labute approximate surface area is 176 Å². The van der Waals surface area contributed by atoms with Crippen LogP contribution in [0.2, 0.25) is 0 Å². The predicted octanol–water partition coefficient (Wildman–Crippen LogP) is 4.62. The molecule has 0 saturated carbocycles. The third-order valence-electron chi connectivity index (χ3n) is 4.75. The molecule has 3 rings (SSSR count). The first-order valence-corrected chi connectivity index (χ1v) is 10.9. The number of nitrogens with zero attached hydrogens (tertiary/aromatic N) is 2. The summed E-state index contributed by atoms with van der Waals surface area (Å²) >= 11 is 1.68. The Kier molecular flexibility index (Phi) is 6.79. The van der Waals surface area contributed by atoms with Crippen molar-refractivity contribution in [3.8, 4) is 0 Å². The third kappa shape index (κ3) is 5.29. The quantitative estimate of drug-likeness (QED) is 0.752. The second-order valence-electron chi connectivity index (χ2n) is 7.68. The van der Waals surface area contributed by atoms with E-state index in [0.717, 1.165) is 34.1 Å². The number of carbonyl (C=O) groups is 2. The Bertz CT molecular complexity index is 896. The zero-order chi connectivity index (χ0) is 21.0. The van der Waals surface area contributed by atoms with Gasteiger partial charge in [-0.25, -0.2) is 9.78 Å². The fourth-order valence-electron chi connectivity index (χ4n) is 3.25. The molecule has 0 bridgehead atoms. The van der Waals surface area contributed by atoms with E-state index in [1.807, 2.05) is 19.9 Å². The molecule has 0 spiro atoms. The average molecular weight is 413 g/mol. The highest BCUT2D eigenvalue weighted by Gasteiger charge is 2.26. The van der Waals surface area contributed by atoms with E-state index in [2.05, 4.69) is 29.5 Å². The Morgan fingerprint density at radius 3 is 2.62 bits per heavy atom. The molecule has 2 N–H and O–H groups in total. The van der Waals surface area contributed by atoms with E-state index < -0.39 is 0 Å². The number of amides is 3. The molecule has 154 valence electrons. The number of anilines is 2. The Balaban J connectivity index is 1.66. The van der Waals surface area contributed by atoms with E-state index in [-0.39, 0.29) is 11.9 Å². The predicted molar refractivity (Wildman–Crippen MR) is 119 cm³/mol. The molecule has 0 radical (unpaired) electrons. The van der Waals surface area contributed by atoms with Crippen LogP contribution in [0.15, 0.2) is 35.4 Å².